The van der Waals surface area contributed by atoms with Crippen LogP contribution >= 0.6 is 0 Å². The van der Waals surface area contributed by atoms with Crippen LogP contribution in [0.3, 0.4) is 0 Å². The Hall–Kier alpha value is -0.300. The average molecular weight is 184 g/mol. The van der Waals surface area contributed by atoms with Gasteiger partial charge < -0.3 is 4.74 Å². The molecule has 0 aromatic rings. The summed E-state index contributed by atoms with van der Waals surface area (Å²) in [4.78, 5) is 0. The third-order valence-electron chi connectivity index (χ3n) is 2.78. The largest absolute Gasteiger partial charge is 0.384 e. The molecule has 1 unspecified atom stereocenters. The quantitative estimate of drug-likeness (QED) is 0.572. The minimum atomic E-state index is 0.212. The summed E-state index contributed by atoms with van der Waals surface area (Å²) >= 11 is 0. The van der Waals surface area contributed by atoms with Gasteiger partial charge in [-0.15, -0.1) is 6.58 Å². The zero-order chi connectivity index (χ0) is 10.5. The molecule has 0 heterocycles. The van der Waals surface area contributed by atoms with Gasteiger partial charge in [0.15, 0.2) is 0 Å². The molecule has 0 N–H and O–H groups in total. The summed E-state index contributed by atoms with van der Waals surface area (Å²) in [7, 11) is 1.77. The predicted molar refractivity (Wildman–Crippen MR) is 58.9 cm³/mol. The van der Waals surface area contributed by atoms with Crippen molar-refractivity contribution in [2.75, 3.05) is 13.7 Å². The van der Waals surface area contributed by atoms with E-state index in [-0.39, 0.29) is 10.8 Å². The standard InChI is InChI=1S/C12H24O/c1-7-11(3,4)9-12(5,8-2)10-13-6/h7H,1,8-10H2,2-6H3. The van der Waals surface area contributed by atoms with Crippen LogP contribution in [-0.4, -0.2) is 13.7 Å². The lowest BCUT2D eigenvalue weighted by molar-refractivity contribution is 0.0618. The van der Waals surface area contributed by atoms with E-state index in [2.05, 4.69) is 34.3 Å². The molecule has 0 aromatic carbocycles. The Morgan fingerprint density at radius 1 is 1.31 bits per heavy atom. The third-order valence-corrected chi connectivity index (χ3v) is 2.78. The molecule has 0 aliphatic rings. The SMILES string of the molecule is C=CC(C)(C)CC(C)(CC)COC. The van der Waals surface area contributed by atoms with Crippen molar-refractivity contribution in [2.24, 2.45) is 10.8 Å². The second-order valence-corrected chi connectivity index (χ2v) is 4.97. The van der Waals surface area contributed by atoms with Crippen LogP contribution < -0.4 is 0 Å². The number of methoxy groups -OCH3 is 1. The van der Waals surface area contributed by atoms with E-state index in [4.69, 9.17) is 4.74 Å². The molecule has 1 nitrogen and oxygen atoms in total. The molecule has 1 atom stereocenters. The lowest BCUT2D eigenvalue weighted by Gasteiger charge is -2.34. The van der Waals surface area contributed by atoms with Crippen LogP contribution in [0.5, 0.6) is 0 Å². The van der Waals surface area contributed by atoms with Crippen molar-refractivity contribution in [1.82, 2.24) is 0 Å². The van der Waals surface area contributed by atoms with Crippen molar-refractivity contribution in [2.45, 2.75) is 40.5 Å². The van der Waals surface area contributed by atoms with E-state index in [9.17, 15) is 0 Å². The first-order chi connectivity index (χ1) is 5.89. The number of hydrogen-bond donors (Lipinski definition) is 0. The summed E-state index contributed by atoms with van der Waals surface area (Å²) in [5, 5.41) is 0. The highest BCUT2D eigenvalue weighted by molar-refractivity contribution is 4.92. The minimum absolute atomic E-state index is 0.212. The second kappa shape index (κ2) is 4.80. The van der Waals surface area contributed by atoms with Crippen molar-refractivity contribution in [3.05, 3.63) is 12.7 Å². The molecular weight excluding hydrogens is 160 g/mol. The molecule has 0 amide bonds. The second-order valence-electron chi connectivity index (χ2n) is 4.97. The summed E-state index contributed by atoms with van der Waals surface area (Å²) in [6, 6.07) is 0. The van der Waals surface area contributed by atoms with Crippen LogP contribution in [0.25, 0.3) is 0 Å². The maximum absolute atomic E-state index is 5.25. The van der Waals surface area contributed by atoms with Gasteiger partial charge in [-0.05, 0) is 23.7 Å². The highest BCUT2D eigenvalue weighted by Crippen LogP contribution is 2.37. The predicted octanol–water partition coefficient (Wildman–Crippen LogP) is 3.65. The number of hydrogen-bond acceptors (Lipinski definition) is 1. The van der Waals surface area contributed by atoms with E-state index in [1.54, 1.807) is 7.11 Å². The van der Waals surface area contributed by atoms with E-state index in [0.29, 0.717) is 0 Å². The van der Waals surface area contributed by atoms with Crippen LogP contribution in [0.4, 0.5) is 0 Å². The normalized spacial score (nSPS) is 16.7. The minimum Gasteiger partial charge on any atom is -0.384 e. The van der Waals surface area contributed by atoms with Gasteiger partial charge in [0, 0.05) is 7.11 Å². The van der Waals surface area contributed by atoms with Crippen molar-refractivity contribution in [3.8, 4) is 0 Å². The van der Waals surface area contributed by atoms with Gasteiger partial charge in [-0.25, -0.2) is 0 Å². The average Bonchev–Trinajstić information content (AvgIpc) is 2.04. The lowest BCUT2D eigenvalue weighted by Crippen LogP contribution is -2.28. The molecule has 1 heteroatoms. The topological polar surface area (TPSA) is 9.23 Å². The van der Waals surface area contributed by atoms with Gasteiger partial charge in [-0.3, -0.25) is 0 Å². The van der Waals surface area contributed by atoms with Crippen molar-refractivity contribution in [1.29, 1.82) is 0 Å². The zero-order valence-electron chi connectivity index (χ0n) is 9.81. The van der Waals surface area contributed by atoms with Crippen LogP contribution in [0.1, 0.15) is 40.5 Å². The summed E-state index contributed by atoms with van der Waals surface area (Å²) in [6.45, 7) is 13.7. The Morgan fingerprint density at radius 2 is 1.85 bits per heavy atom. The molecule has 13 heavy (non-hydrogen) atoms. The summed E-state index contributed by atoms with van der Waals surface area (Å²) in [6.07, 6.45) is 4.32. The molecule has 0 aliphatic carbocycles. The highest BCUT2D eigenvalue weighted by Gasteiger charge is 2.29. The fraction of sp³-hybridized carbons (Fsp3) is 0.833. The van der Waals surface area contributed by atoms with Crippen LogP contribution in [0.15, 0.2) is 12.7 Å². The maximum Gasteiger partial charge on any atom is 0.0516 e. The Balaban J connectivity index is 4.33. The smallest absolute Gasteiger partial charge is 0.0516 e. The molecule has 0 aromatic heterocycles. The van der Waals surface area contributed by atoms with Gasteiger partial charge in [0.05, 0.1) is 6.61 Å². The van der Waals surface area contributed by atoms with Crippen LogP contribution in [0.2, 0.25) is 0 Å². The van der Waals surface area contributed by atoms with Gasteiger partial charge in [0.25, 0.3) is 0 Å². The van der Waals surface area contributed by atoms with Crippen LogP contribution in [0, 0.1) is 10.8 Å². The van der Waals surface area contributed by atoms with E-state index >= 15 is 0 Å². The third kappa shape index (κ3) is 4.47. The Labute approximate surface area is 83.2 Å². The molecule has 0 spiro atoms. The van der Waals surface area contributed by atoms with Crippen molar-refractivity contribution in [3.63, 3.8) is 0 Å². The van der Waals surface area contributed by atoms with Crippen molar-refractivity contribution < 1.29 is 4.74 Å². The number of ether oxygens (including phenoxy) is 1. The maximum atomic E-state index is 5.25. The molecule has 0 saturated heterocycles. The van der Waals surface area contributed by atoms with Gasteiger partial charge in [-0.2, -0.15) is 0 Å². The van der Waals surface area contributed by atoms with Crippen LogP contribution in [-0.2, 0) is 4.74 Å². The first kappa shape index (κ1) is 12.7. The van der Waals surface area contributed by atoms with Gasteiger partial charge in [0.2, 0.25) is 0 Å². The summed E-state index contributed by atoms with van der Waals surface area (Å²) in [5.74, 6) is 0. The fourth-order valence-corrected chi connectivity index (χ4v) is 1.80. The Bertz CT molecular complexity index is 161. The first-order valence-electron chi connectivity index (χ1n) is 5.02. The highest BCUT2D eigenvalue weighted by atomic mass is 16.5. The fourth-order valence-electron chi connectivity index (χ4n) is 1.80. The zero-order valence-corrected chi connectivity index (χ0v) is 9.81. The van der Waals surface area contributed by atoms with Gasteiger partial charge in [0.1, 0.15) is 0 Å². The van der Waals surface area contributed by atoms with Crippen molar-refractivity contribution >= 4 is 0 Å². The van der Waals surface area contributed by atoms with Gasteiger partial charge in [-0.1, -0.05) is 33.8 Å². The van der Waals surface area contributed by atoms with E-state index in [1.165, 1.54) is 0 Å². The summed E-state index contributed by atoms with van der Waals surface area (Å²) in [5.41, 5.74) is 0.496. The van der Waals surface area contributed by atoms with Gasteiger partial charge >= 0.3 is 0 Å². The number of allylic oxidation sites excluding steroid dienone is 1. The first-order valence-corrected chi connectivity index (χ1v) is 5.02. The number of rotatable bonds is 6. The monoisotopic (exact) mass is 184 g/mol. The molecule has 0 aliphatic heterocycles. The molecule has 0 radical (unpaired) electrons. The van der Waals surface area contributed by atoms with E-state index < -0.39 is 0 Å². The molecule has 0 saturated carbocycles. The molecule has 0 fully saturated rings. The lowest BCUT2D eigenvalue weighted by atomic mass is 9.73. The molecular formula is C12H24O. The van der Waals surface area contributed by atoms with E-state index in [1.807, 2.05) is 6.08 Å². The molecule has 78 valence electrons. The Kier molecular flexibility index (Phi) is 4.69. The molecule has 0 rings (SSSR count). The molecule has 0 bridgehead atoms. The van der Waals surface area contributed by atoms with E-state index in [0.717, 1.165) is 19.4 Å². The summed E-state index contributed by atoms with van der Waals surface area (Å²) < 4.78 is 5.25. The Morgan fingerprint density at radius 3 is 2.15 bits per heavy atom.